The molecular weight excluding hydrogens is 350 g/mol. The molecule has 2 N–H and O–H groups in total. The molecule has 0 radical (unpaired) electrons. The number of nitrogens with one attached hydrogen (secondary N) is 2. The van der Waals surface area contributed by atoms with E-state index >= 15 is 0 Å². The largest absolute Gasteiger partial charge is 0.491 e. The molecule has 0 spiro atoms. The van der Waals surface area contributed by atoms with Crippen molar-refractivity contribution in [1.82, 2.24) is 25.1 Å². The SMILES string of the molecule is Cc1ccc(OC(C)C)c(CNC(C)(C)c2nnc3cc(C(C)(C)C)[nH]n23)c1. The number of hydrogen-bond donors (Lipinski definition) is 2. The molecule has 0 saturated heterocycles. The van der Waals surface area contributed by atoms with E-state index in [1.807, 2.05) is 18.4 Å². The smallest absolute Gasteiger partial charge is 0.177 e. The lowest BCUT2D eigenvalue weighted by molar-refractivity contribution is 0.238. The van der Waals surface area contributed by atoms with Crippen molar-refractivity contribution in [3.05, 3.63) is 46.9 Å². The summed E-state index contributed by atoms with van der Waals surface area (Å²) < 4.78 is 7.97. The van der Waals surface area contributed by atoms with E-state index in [-0.39, 0.29) is 17.1 Å². The minimum Gasteiger partial charge on any atom is -0.491 e. The number of nitrogens with zero attached hydrogens (tertiary/aromatic N) is 3. The van der Waals surface area contributed by atoms with E-state index in [1.165, 1.54) is 5.56 Å². The summed E-state index contributed by atoms with van der Waals surface area (Å²) in [6.45, 7) is 17.7. The highest BCUT2D eigenvalue weighted by Crippen LogP contribution is 2.26. The third kappa shape index (κ3) is 4.22. The van der Waals surface area contributed by atoms with Crippen LogP contribution >= 0.6 is 0 Å². The predicted octanol–water partition coefficient (Wildman–Crippen LogP) is 4.48. The van der Waals surface area contributed by atoms with Crippen molar-refractivity contribution in [1.29, 1.82) is 0 Å². The zero-order chi connectivity index (χ0) is 20.7. The molecule has 2 aromatic heterocycles. The van der Waals surface area contributed by atoms with Gasteiger partial charge in [-0.25, -0.2) is 4.52 Å². The van der Waals surface area contributed by atoms with Gasteiger partial charge in [0.1, 0.15) is 5.75 Å². The second-order valence-electron chi connectivity index (χ2n) is 9.39. The topological polar surface area (TPSA) is 67.2 Å². The van der Waals surface area contributed by atoms with Gasteiger partial charge in [-0.3, -0.25) is 5.10 Å². The molecule has 0 unspecified atom stereocenters. The van der Waals surface area contributed by atoms with Gasteiger partial charge in [-0.2, -0.15) is 0 Å². The quantitative estimate of drug-likeness (QED) is 0.659. The average molecular weight is 384 g/mol. The Hall–Kier alpha value is -2.34. The number of hydrogen-bond acceptors (Lipinski definition) is 4. The maximum absolute atomic E-state index is 5.99. The lowest BCUT2D eigenvalue weighted by Gasteiger charge is -2.25. The van der Waals surface area contributed by atoms with Crippen LogP contribution in [0.4, 0.5) is 0 Å². The van der Waals surface area contributed by atoms with Crippen LogP contribution < -0.4 is 10.1 Å². The lowest BCUT2D eigenvalue weighted by Crippen LogP contribution is -2.38. The van der Waals surface area contributed by atoms with E-state index in [1.54, 1.807) is 0 Å². The number of aryl methyl sites for hydroxylation is 1. The van der Waals surface area contributed by atoms with Crippen LogP contribution in [0.15, 0.2) is 24.3 Å². The maximum atomic E-state index is 5.99. The highest BCUT2D eigenvalue weighted by molar-refractivity contribution is 5.42. The zero-order valence-corrected chi connectivity index (χ0v) is 18.3. The summed E-state index contributed by atoms with van der Waals surface area (Å²) >= 11 is 0. The molecule has 28 heavy (non-hydrogen) atoms. The Morgan fingerprint density at radius 1 is 1.11 bits per heavy atom. The van der Waals surface area contributed by atoms with E-state index in [2.05, 4.69) is 86.4 Å². The fourth-order valence-electron chi connectivity index (χ4n) is 3.18. The second kappa shape index (κ2) is 7.24. The fraction of sp³-hybridized carbons (Fsp3) is 0.545. The van der Waals surface area contributed by atoms with Gasteiger partial charge in [0.2, 0.25) is 0 Å². The molecule has 1 aromatic carbocycles. The highest BCUT2D eigenvalue weighted by Gasteiger charge is 2.28. The molecular formula is C22H33N5O. The van der Waals surface area contributed by atoms with Crippen LogP contribution in [0.1, 0.15) is 71.1 Å². The normalized spacial score (nSPS) is 12.9. The third-order valence-electron chi connectivity index (χ3n) is 4.86. The van der Waals surface area contributed by atoms with Gasteiger partial charge in [0, 0.05) is 29.3 Å². The van der Waals surface area contributed by atoms with E-state index in [9.17, 15) is 0 Å². The van der Waals surface area contributed by atoms with Crippen LogP contribution in [0.5, 0.6) is 5.75 Å². The molecule has 6 heteroatoms. The van der Waals surface area contributed by atoms with Gasteiger partial charge < -0.3 is 10.1 Å². The molecule has 2 heterocycles. The first-order valence-corrected chi connectivity index (χ1v) is 9.94. The summed E-state index contributed by atoms with van der Waals surface area (Å²) in [4.78, 5) is 0. The molecule has 3 aromatic rings. The highest BCUT2D eigenvalue weighted by atomic mass is 16.5. The summed E-state index contributed by atoms with van der Waals surface area (Å²) in [6.07, 6.45) is 0.139. The molecule has 152 valence electrons. The van der Waals surface area contributed by atoms with Crippen LogP contribution in [0.3, 0.4) is 0 Å². The second-order valence-corrected chi connectivity index (χ2v) is 9.39. The molecule has 0 fully saturated rings. The molecule has 0 bridgehead atoms. The molecule has 0 amide bonds. The maximum Gasteiger partial charge on any atom is 0.177 e. The number of ether oxygens (including phenoxy) is 1. The molecule has 0 aliphatic heterocycles. The van der Waals surface area contributed by atoms with E-state index < -0.39 is 0 Å². The summed E-state index contributed by atoms with van der Waals surface area (Å²) in [5.74, 6) is 1.78. The van der Waals surface area contributed by atoms with Crippen molar-refractivity contribution < 1.29 is 4.74 Å². The Morgan fingerprint density at radius 3 is 2.46 bits per heavy atom. The van der Waals surface area contributed by atoms with Gasteiger partial charge in [-0.1, -0.05) is 38.5 Å². The Labute approximate surface area is 167 Å². The first-order valence-electron chi connectivity index (χ1n) is 9.94. The Bertz CT molecular complexity index is 959. The van der Waals surface area contributed by atoms with E-state index in [4.69, 9.17) is 4.74 Å². The van der Waals surface area contributed by atoms with Gasteiger partial charge in [-0.15, -0.1) is 10.2 Å². The molecule has 0 aliphatic carbocycles. The molecule has 0 aliphatic rings. The summed E-state index contributed by atoms with van der Waals surface area (Å²) in [5, 5.41) is 15.9. The van der Waals surface area contributed by atoms with Gasteiger partial charge in [0.15, 0.2) is 11.5 Å². The fourth-order valence-corrected chi connectivity index (χ4v) is 3.18. The molecule has 3 rings (SSSR count). The predicted molar refractivity (Wildman–Crippen MR) is 113 cm³/mol. The van der Waals surface area contributed by atoms with E-state index in [0.717, 1.165) is 28.5 Å². The van der Waals surface area contributed by atoms with Gasteiger partial charge in [-0.05, 0) is 40.7 Å². The minimum absolute atomic E-state index is 0.0280. The number of fused-ring (bicyclic) bond motifs is 1. The summed E-state index contributed by atoms with van der Waals surface area (Å²) in [6, 6.07) is 8.38. The minimum atomic E-state index is -0.377. The Balaban J connectivity index is 1.86. The lowest BCUT2D eigenvalue weighted by atomic mass is 9.93. The monoisotopic (exact) mass is 383 g/mol. The number of aromatic nitrogens is 4. The van der Waals surface area contributed by atoms with Crippen molar-refractivity contribution in [3.63, 3.8) is 0 Å². The molecule has 0 saturated carbocycles. The van der Waals surface area contributed by atoms with Crippen molar-refractivity contribution in [2.24, 2.45) is 0 Å². The summed E-state index contributed by atoms with van der Waals surface area (Å²) in [5.41, 5.74) is 3.99. The Kier molecular flexibility index (Phi) is 5.28. The van der Waals surface area contributed by atoms with Crippen LogP contribution in [0.2, 0.25) is 0 Å². The van der Waals surface area contributed by atoms with Crippen LogP contribution in [-0.2, 0) is 17.5 Å². The van der Waals surface area contributed by atoms with Crippen LogP contribution in [-0.4, -0.2) is 25.9 Å². The van der Waals surface area contributed by atoms with Gasteiger partial charge in [0.05, 0.1) is 11.6 Å². The number of rotatable bonds is 6. The van der Waals surface area contributed by atoms with Gasteiger partial charge >= 0.3 is 0 Å². The summed E-state index contributed by atoms with van der Waals surface area (Å²) in [7, 11) is 0. The standard InChI is InChI=1S/C22H33N5O/c1-14(2)28-17-10-9-15(3)11-16(17)13-23-22(7,8)20-25-24-19-12-18(21(4,5)6)26-27(19)20/h9-12,14,23,26H,13H2,1-8H3. The average Bonchev–Trinajstić information content (AvgIpc) is 3.14. The molecule has 0 atom stereocenters. The number of H-pyrrole nitrogens is 1. The van der Waals surface area contributed by atoms with Crippen molar-refractivity contribution in [2.75, 3.05) is 0 Å². The van der Waals surface area contributed by atoms with Crippen molar-refractivity contribution in [2.45, 2.75) is 79.0 Å². The van der Waals surface area contributed by atoms with Crippen LogP contribution in [0.25, 0.3) is 5.65 Å². The van der Waals surface area contributed by atoms with Crippen molar-refractivity contribution in [3.8, 4) is 5.75 Å². The number of aromatic amines is 1. The zero-order valence-electron chi connectivity index (χ0n) is 18.3. The Morgan fingerprint density at radius 2 is 1.82 bits per heavy atom. The first-order chi connectivity index (χ1) is 13.0. The van der Waals surface area contributed by atoms with E-state index in [0.29, 0.717) is 6.54 Å². The van der Waals surface area contributed by atoms with Gasteiger partial charge in [0.25, 0.3) is 0 Å². The first kappa shape index (κ1) is 20.4. The van der Waals surface area contributed by atoms with Crippen molar-refractivity contribution >= 4 is 5.65 Å². The molecule has 6 nitrogen and oxygen atoms in total. The number of benzene rings is 1. The van der Waals surface area contributed by atoms with Crippen LogP contribution in [0, 0.1) is 6.92 Å². The third-order valence-corrected chi connectivity index (χ3v) is 4.86.